The van der Waals surface area contributed by atoms with Gasteiger partial charge in [0, 0.05) is 0 Å². The molecule has 1 atom stereocenters. The number of rotatable bonds is 8. The summed E-state index contributed by atoms with van der Waals surface area (Å²) in [7, 11) is 0. The predicted octanol–water partition coefficient (Wildman–Crippen LogP) is 4.99. The van der Waals surface area contributed by atoms with Gasteiger partial charge in [-0.3, -0.25) is 0 Å². The highest BCUT2D eigenvalue weighted by atomic mass is 14.2. The zero-order chi connectivity index (χ0) is 10.1. The van der Waals surface area contributed by atoms with Gasteiger partial charge in [0.05, 0.1) is 0 Å². The van der Waals surface area contributed by atoms with Crippen LogP contribution in [0.4, 0.5) is 0 Å². The van der Waals surface area contributed by atoms with E-state index in [1.165, 1.54) is 44.9 Å². The molecule has 79 valence electrons. The maximum atomic E-state index is 2.40. The van der Waals surface area contributed by atoms with Crippen LogP contribution < -0.4 is 0 Å². The van der Waals surface area contributed by atoms with Gasteiger partial charge in [0.25, 0.3) is 0 Å². The lowest BCUT2D eigenvalue weighted by atomic mass is 9.84. The molecule has 0 rings (SSSR count). The van der Waals surface area contributed by atoms with Crippen molar-refractivity contribution in [2.75, 3.05) is 0 Å². The Bertz CT molecular complexity index is 96.2. The van der Waals surface area contributed by atoms with E-state index in [1.807, 2.05) is 0 Å². The fourth-order valence-corrected chi connectivity index (χ4v) is 2.01. The first-order chi connectivity index (χ1) is 6.26. The van der Waals surface area contributed by atoms with E-state index < -0.39 is 0 Å². The van der Waals surface area contributed by atoms with Crippen molar-refractivity contribution in [3.8, 4) is 0 Å². The van der Waals surface area contributed by atoms with Gasteiger partial charge in [0.1, 0.15) is 0 Å². The average molecular weight is 183 g/mol. The van der Waals surface area contributed by atoms with Crippen molar-refractivity contribution in [1.82, 2.24) is 0 Å². The Hall–Kier alpha value is 0. The van der Waals surface area contributed by atoms with Crippen molar-refractivity contribution >= 4 is 0 Å². The summed E-state index contributed by atoms with van der Waals surface area (Å²) in [4.78, 5) is 0. The van der Waals surface area contributed by atoms with E-state index in [0.717, 1.165) is 5.92 Å². The summed E-state index contributed by atoms with van der Waals surface area (Å²) in [5, 5.41) is 0. The summed E-state index contributed by atoms with van der Waals surface area (Å²) in [5.41, 5.74) is 0. The molecule has 0 spiro atoms. The summed E-state index contributed by atoms with van der Waals surface area (Å²) in [6.07, 6.45) is 9.55. The van der Waals surface area contributed by atoms with Crippen molar-refractivity contribution < 1.29 is 0 Å². The standard InChI is InChI=1S/C13H27/c1-5-8-9-11-13(7-3)12(4)10-6-2/h12H,5-11H2,1-4H3. The van der Waals surface area contributed by atoms with Crippen LogP contribution in [0.25, 0.3) is 0 Å². The van der Waals surface area contributed by atoms with Gasteiger partial charge in [0.2, 0.25) is 0 Å². The molecular formula is C13H27. The zero-order valence-corrected chi connectivity index (χ0v) is 10.0. The molecule has 0 bridgehead atoms. The van der Waals surface area contributed by atoms with E-state index >= 15 is 0 Å². The SMILES string of the molecule is CCCCC[C](CC)C(C)CCC. The van der Waals surface area contributed by atoms with Gasteiger partial charge in [-0.1, -0.05) is 59.8 Å². The smallest absolute Gasteiger partial charge is 0.0215 e. The third-order valence-electron chi connectivity index (χ3n) is 2.97. The van der Waals surface area contributed by atoms with Gasteiger partial charge in [0.15, 0.2) is 0 Å². The molecule has 0 aromatic heterocycles. The molecule has 0 N–H and O–H groups in total. The maximum Gasteiger partial charge on any atom is -0.0215 e. The second kappa shape index (κ2) is 8.59. The lowest BCUT2D eigenvalue weighted by molar-refractivity contribution is 0.471. The van der Waals surface area contributed by atoms with Crippen LogP contribution in [0.5, 0.6) is 0 Å². The molecule has 0 nitrogen and oxygen atoms in total. The minimum atomic E-state index is 0.867. The number of hydrogen-bond acceptors (Lipinski definition) is 0. The second-order valence-electron chi connectivity index (χ2n) is 4.16. The molecule has 0 fully saturated rings. The summed E-state index contributed by atoms with van der Waals surface area (Å²) in [6, 6.07) is 0. The molecule has 1 unspecified atom stereocenters. The lowest BCUT2D eigenvalue weighted by Crippen LogP contribution is -2.08. The predicted molar refractivity (Wildman–Crippen MR) is 61.7 cm³/mol. The highest BCUT2D eigenvalue weighted by molar-refractivity contribution is 4.92. The van der Waals surface area contributed by atoms with E-state index in [1.54, 1.807) is 5.92 Å². The van der Waals surface area contributed by atoms with Crippen molar-refractivity contribution in [2.45, 2.75) is 72.6 Å². The van der Waals surface area contributed by atoms with E-state index in [2.05, 4.69) is 27.7 Å². The quantitative estimate of drug-likeness (QED) is 0.465. The van der Waals surface area contributed by atoms with E-state index in [4.69, 9.17) is 0 Å². The molecule has 0 saturated heterocycles. The fourth-order valence-electron chi connectivity index (χ4n) is 2.01. The van der Waals surface area contributed by atoms with Gasteiger partial charge in [-0.15, -0.1) is 0 Å². The monoisotopic (exact) mass is 183 g/mol. The summed E-state index contributed by atoms with van der Waals surface area (Å²) in [5.74, 6) is 2.67. The second-order valence-corrected chi connectivity index (χ2v) is 4.16. The molecule has 0 amide bonds. The molecule has 1 radical (unpaired) electrons. The van der Waals surface area contributed by atoms with Crippen LogP contribution in [0.1, 0.15) is 72.6 Å². The molecule has 13 heavy (non-hydrogen) atoms. The Morgan fingerprint density at radius 3 is 2.15 bits per heavy atom. The number of hydrogen-bond donors (Lipinski definition) is 0. The lowest BCUT2D eigenvalue weighted by Gasteiger charge is -2.21. The molecule has 0 aliphatic rings. The summed E-state index contributed by atoms with van der Waals surface area (Å²) < 4.78 is 0. The van der Waals surface area contributed by atoms with E-state index in [0.29, 0.717) is 0 Å². The summed E-state index contributed by atoms with van der Waals surface area (Å²) >= 11 is 0. The van der Waals surface area contributed by atoms with Crippen LogP contribution in [-0.4, -0.2) is 0 Å². The van der Waals surface area contributed by atoms with E-state index in [-0.39, 0.29) is 0 Å². The first kappa shape index (κ1) is 13.0. The van der Waals surface area contributed by atoms with Gasteiger partial charge >= 0.3 is 0 Å². The van der Waals surface area contributed by atoms with Crippen molar-refractivity contribution in [3.63, 3.8) is 0 Å². The molecule has 0 heterocycles. The van der Waals surface area contributed by atoms with Crippen LogP contribution in [0.2, 0.25) is 0 Å². The van der Waals surface area contributed by atoms with Gasteiger partial charge in [-0.25, -0.2) is 0 Å². The van der Waals surface area contributed by atoms with Crippen LogP contribution in [0.15, 0.2) is 0 Å². The van der Waals surface area contributed by atoms with Crippen LogP contribution >= 0.6 is 0 Å². The molecular weight excluding hydrogens is 156 g/mol. The fraction of sp³-hybridized carbons (Fsp3) is 0.923. The summed E-state index contributed by atoms with van der Waals surface area (Å²) in [6.45, 7) is 9.28. The van der Waals surface area contributed by atoms with Crippen molar-refractivity contribution in [1.29, 1.82) is 0 Å². The Kier molecular flexibility index (Phi) is 8.59. The normalized spacial score (nSPS) is 13.6. The topological polar surface area (TPSA) is 0 Å². The first-order valence-electron chi connectivity index (χ1n) is 6.10. The molecule has 0 aromatic carbocycles. The highest BCUT2D eigenvalue weighted by Crippen LogP contribution is 2.27. The van der Waals surface area contributed by atoms with Crippen LogP contribution in [-0.2, 0) is 0 Å². The van der Waals surface area contributed by atoms with Gasteiger partial charge < -0.3 is 0 Å². The maximum absolute atomic E-state index is 2.40. The average Bonchev–Trinajstić information content (AvgIpc) is 2.13. The van der Waals surface area contributed by atoms with Crippen molar-refractivity contribution in [2.24, 2.45) is 5.92 Å². The first-order valence-corrected chi connectivity index (χ1v) is 6.10. The minimum absolute atomic E-state index is 0.867. The Balaban J connectivity index is 3.60. The Labute approximate surface area is 85.1 Å². The zero-order valence-electron chi connectivity index (χ0n) is 10.0. The third-order valence-corrected chi connectivity index (χ3v) is 2.97. The number of unbranched alkanes of at least 4 members (excludes halogenated alkanes) is 2. The largest absolute Gasteiger partial charge is 0.0654 e. The van der Waals surface area contributed by atoms with Crippen LogP contribution in [0.3, 0.4) is 0 Å². The highest BCUT2D eigenvalue weighted by Gasteiger charge is 2.14. The van der Waals surface area contributed by atoms with Gasteiger partial charge in [-0.2, -0.15) is 0 Å². The van der Waals surface area contributed by atoms with Crippen molar-refractivity contribution in [3.05, 3.63) is 5.92 Å². The molecule has 0 aliphatic heterocycles. The molecule has 0 heteroatoms. The molecule has 0 saturated carbocycles. The Morgan fingerprint density at radius 1 is 1.00 bits per heavy atom. The van der Waals surface area contributed by atoms with E-state index in [9.17, 15) is 0 Å². The Morgan fingerprint density at radius 2 is 1.69 bits per heavy atom. The molecule has 0 aliphatic carbocycles. The van der Waals surface area contributed by atoms with Gasteiger partial charge in [-0.05, 0) is 24.7 Å². The molecule has 0 aromatic rings. The third kappa shape index (κ3) is 6.12. The van der Waals surface area contributed by atoms with Crippen LogP contribution in [0, 0.1) is 11.8 Å². The minimum Gasteiger partial charge on any atom is -0.0654 e.